The van der Waals surface area contributed by atoms with Crippen molar-refractivity contribution in [1.29, 1.82) is 0 Å². The summed E-state index contributed by atoms with van der Waals surface area (Å²) in [6.45, 7) is 0.348. The fraction of sp³-hybridized carbons (Fsp3) is 0.0714. The Balaban J connectivity index is 2.03. The first kappa shape index (κ1) is 12.8. The minimum absolute atomic E-state index is 0.157. The van der Waals surface area contributed by atoms with E-state index in [0.717, 1.165) is 17.0 Å². The normalized spacial score (nSPS) is 10.9. The van der Waals surface area contributed by atoms with Crippen LogP contribution in [0, 0.1) is 5.82 Å². The Labute approximate surface area is 115 Å². The molecule has 0 radical (unpaired) electrons. The fourth-order valence-corrected chi connectivity index (χ4v) is 2.26. The Bertz CT molecular complexity index is 758. The molecule has 0 amide bonds. The van der Waals surface area contributed by atoms with Crippen molar-refractivity contribution in [2.45, 2.75) is 6.54 Å². The average molecular weight is 270 g/mol. The van der Waals surface area contributed by atoms with Crippen molar-refractivity contribution in [3.63, 3.8) is 0 Å². The van der Waals surface area contributed by atoms with E-state index in [2.05, 4.69) is 5.10 Å². The van der Waals surface area contributed by atoms with Crippen LogP contribution >= 0.6 is 0 Å². The third-order valence-electron chi connectivity index (χ3n) is 3.26. The highest BCUT2D eigenvalue weighted by molar-refractivity contribution is 6.59. The van der Waals surface area contributed by atoms with Crippen LogP contribution in [0.2, 0.25) is 0 Å². The molecule has 0 unspecified atom stereocenters. The maximum Gasteiger partial charge on any atom is 0.488 e. The van der Waals surface area contributed by atoms with Crippen LogP contribution in [-0.4, -0.2) is 26.9 Å². The van der Waals surface area contributed by atoms with Crippen LogP contribution in [0.1, 0.15) is 5.56 Å². The number of hydrogen-bond acceptors (Lipinski definition) is 3. The van der Waals surface area contributed by atoms with Gasteiger partial charge in [0.05, 0.1) is 18.3 Å². The van der Waals surface area contributed by atoms with Crippen molar-refractivity contribution < 1.29 is 14.4 Å². The van der Waals surface area contributed by atoms with Gasteiger partial charge in [-0.05, 0) is 29.2 Å². The van der Waals surface area contributed by atoms with Crippen LogP contribution in [0.15, 0.2) is 48.7 Å². The second kappa shape index (κ2) is 5.07. The molecule has 100 valence electrons. The fourth-order valence-electron chi connectivity index (χ4n) is 2.26. The van der Waals surface area contributed by atoms with Crippen LogP contribution in [0.4, 0.5) is 4.39 Å². The summed E-state index contributed by atoms with van der Waals surface area (Å²) in [4.78, 5) is 0. The minimum Gasteiger partial charge on any atom is -0.423 e. The standard InChI is InChI=1S/C14H12BFN2O2/c16-12-6-5-11(13(7-12)15(19)20)9-18-14-4-2-1-3-10(14)8-17-18/h1-8,19-20H,9H2. The van der Waals surface area contributed by atoms with Crippen LogP contribution in [-0.2, 0) is 6.54 Å². The third-order valence-corrected chi connectivity index (χ3v) is 3.26. The summed E-state index contributed by atoms with van der Waals surface area (Å²) in [6, 6.07) is 11.7. The van der Waals surface area contributed by atoms with Crippen LogP contribution in [0.5, 0.6) is 0 Å². The lowest BCUT2D eigenvalue weighted by molar-refractivity contribution is 0.424. The maximum absolute atomic E-state index is 13.2. The van der Waals surface area contributed by atoms with E-state index in [-0.39, 0.29) is 5.46 Å². The molecule has 3 rings (SSSR count). The molecule has 0 atom stereocenters. The van der Waals surface area contributed by atoms with E-state index in [0.29, 0.717) is 12.1 Å². The maximum atomic E-state index is 13.2. The van der Waals surface area contributed by atoms with Crippen molar-refractivity contribution in [2.24, 2.45) is 0 Å². The van der Waals surface area contributed by atoms with Gasteiger partial charge in [-0.2, -0.15) is 5.10 Å². The van der Waals surface area contributed by atoms with Gasteiger partial charge >= 0.3 is 7.12 Å². The van der Waals surface area contributed by atoms with Gasteiger partial charge in [-0.3, -0.25) is 4.68 Å². The lowest BCUT2D eigenvalue weighted by Gasteiger charge is -2.10. The van der Waals surface area contributed by atoms with Gasteiger partial charge in [-0.15, -0.1) is 0 Å². The molecule has 0 aliphatic carbocycles. The molecule has 0 aliphatic heterocycles. The van der Waals surface area contributed by atoms with E-state index < -0.39 is 12.9 Å². The lowest BCUT2D eigenvalue weighted by Crippen LogP contribution is -2.34. The zero-order chi connectivity index (χ0) is 14.1. The van der Waals surface area contributed by atoms with E-state index >= 15 is 0 Å². The minimum atomic E-state index is -1.71. The summed E-state index contributed by atoms with van der Waals surface area (Å²) < 4.78 is 14.9. The van der Waals surface area contributed by atoms with E-state index in [9.17, 15) is 14.4 Å². The zero-order valence-corrected chi connectivity index (χ0v) is 10.6. The van der Waals surface area contributed by atoms with Crippen molar-refractivity contribution in [2.75, 3.05) is 0 Å². The highest BCUT2D eigenvalue weighted by Gasteiger charge is 2.17. The number of nitrogens with zero attached hydrogens (tertiary/aromatic N) is 2. The van der Waals surface area contributed by atoms with Crippen LogP contribution < -0.4 is 5.46 Å². The highest BCUT2D eigenvalue weighted by atomic mass is 19.1. The number of para-hydroxylation sites is 1. The predicted octanol–water partition coefficient (Wildman–Crippen LogP) is 0.903. The topological polar surface area (TPSA) is 58.3 Å². The Morgan fingerprint density at radius 3 is 2.75 bits per heavy atom. The number of aromatic nitrogens is 2. The van der Waals surface area contributed by atoms with Gasteiger partial charge in [0.25, 0.3) is 0 Å². The van der Waals surface area contributed by atoms with Gasteiger partial charge < -0.3 is 10.0 Å². The van der Waals surface area contributed by atoms with E-state index in [1.165, 1.54) is 6.07 Å². The smallest absolute Gasteiger partial charge is 0.423 e. The third kappa shape index (κ3) is 2.31. The summed E-state index contributed by atoms with van der Waals surface area (Å²) in [6.07, 6.45) is 1.74. The quantitative estimate of drug-likeness (QED) is 0.695. The molecule has 0 fully saturated rings. The number of benzene rings is 2. The SMILES string of the molecule is OB(O)c1cc(F)ccc1Cn1ncc2ccccc21. The Hall–Kier alpha value is -2.18. The molecule has 1 heterocycles. The van der Waals surface area contributed by atoms with Gasteiger partial charge in [0.15, 0.2) is 0 Å². The van der Waals surface area contributed by atoms with E-state index in [1.807, 2.05) is 24.3 Å². The molecule has 0 saturated carbocycles. The number of rotatable bonds is 3. The van der Waals surface area contributed by atoms with Crippen molar-refractivity contribution in [3.05, 3.63) is 60.0 Å². The molecule has 4 nitrogen and oxygen atoms in total. The number of halogens is 1. The summed E-state index contributed by atoms with van der Waals surface area (Å²) in [7, 11) is -1.71. The van der Waals surface area contributed by atoms with Crippen molar-refractivity contribution >= 4 is 23.5 Å². The first-order chi connectivity index (χ1) is 9.65. The Morgan fingerprint density at radius 1 is 1.15 bits per heavy atom. The van der Waals surface area contributed by atoms with Gasteiger partial charge in [0.2, 0.25) is 0 Å². The monoisotopic (exact) mass is 270 g/mol. The molecule has 0 bridgehead atoms. The molecular weight excluding hydrogens is 258 g/mol. The van der Waals surface area contributed by atoms with Crippen LogP contribution in [0.3, 0.4) is 0 Å². The average Bonchev–Trinajstić information content (AvgIpc) is 2.84. The Kier molecular flexibility index (Phi) is 3.26. The van der Waals surface area contributed by atoms with Crippen molar-refractivity contribution in [1.82, 2.24) is 9.78 Å². The summed E-state index contributed by atoms with van der Waals surface area (Å²) in [5.74, 6) is -0.498. The molecule has 2 N–H and O–H groups in total. The second-order valence-electron chi connectivity index (χ2n) is 4.58. The van der Waals surface area contributed by atoms with E-state index in [1.54, 1.807) is 16.9 Å². The molecule has 3 aromatic rings. The van der Waals surface area contributed by atoms with Gasteiger partial charge in [-0.25, -0.2) is 4.39 Å². The molecule has 0 aliphatic rings. The largest absolute Gasteiger partial charge is 0.488 e. The molecule has 1 aromatic heterocycles. The first-order valence-corrected chi connectivity index (χ1v) is 6.20. The zero-order valence-electron chi connectivity index (χ0n) is 10.6. The first-order valence-electron chi connectivity index (χ1n) is 6.20. The van der Waals surface area contributed by atoms with E-state index in [4.69, 9.17) is 0 Å². The van der Waals surface area contributed by atoms with Gasteiger partial charge in [0, 0.05) is 5.39 Å². The molecule has 0 saturated heterocycles. The second-order valence-corrected chi connectivity index (χ2v) is 4.58. The number of hydrogen-bond donors (Lipinski definition) is 2. The summed E-state index contributed by atoms with van der Waals surface area (Å²) in [5.41, 5.74) is 1.72. The summed E-state index contributed by atoms with van der Waals surface area (Å²) >= 11 is 0. The van der Waals surface area contributed by atoms with Gasteiger partial charge in [-0.1, -0.05) is 24.3 Å². The number of fused-ring (bicyclic) bond motifs is 1. The summed E-state index contributed by atoms with van der Waals surface area (Å²) in [5, 5.41) is 23.9. The lowest BCUT2D eigenvalue weighted by atomic mass is 9.77. The van der Waals surface area contributed by atoms with Crippen LogP contribution in [0.25, 0.3) is 10.9 Å². The Morgan fingerprint density at radius 2 is 1.95 bits per heavy atom. The molecular formula is C14H12BFN2O2. The molecule has 0 spiro atoms. The predicted molar refractivity (Wildman–Crippen MR) is 75.1 cm³/mol. The molecule has 2 aromatic carbocycles. The van der Waals surface area contributed by atoms with Crippen molar-refractivity contribution in [3.8, 4) is 0 Å². The molecule has 6 heteroatoms. The van der Waals surface area contributed by atoms with Gasteiger partial charge in [0.1, 0.15) is 5.82 Å². The molecule has 20 heavy (non-hydrogen) atoms. The highest BCUT2D eigenvalue weighted by Crippen LogP contribution is 2.14.